The highest BCUT2D eigenvalue weighted by Crippen LogP contribution is 2.48. The summed E-state index contributed by atoms with van der Waals surface area (Å²) in [4.78, 5) is 2.45. The highest BCUT2D eigenvalue weighted by Gasteiger charge is 2.23. The van der Waals surface area contributed by atoms with Crippen molar-refractivity contribution in [2.45, 2.75) is 0 Å². The molecule has 0 aliphatic rings. The number of hydrogen-bond acceptors (Lipinski definition) is 2. The second kappa shape index (κ2) is 10.6. The summed E-state index contributed by atoms with van der Waals surface area (Å²) in [6, 6.07) is 63.3. The van der Waals surface area contributed by atoms with Gasteiger partial charge in [-0.05, 0) is 79.7 Å². The van der Waals surface area contributed by atoms with E-state index >= 15 is 0 Å². The van der Waals surface area contributed by atoms with Gasteiger partial charge in [0.25, 0.3) is 0 Å². The molecule has 1 heterocycles. The lowest BCUT2D eigenvalue weighted by Crippen LogP contribution is -2.12. The van der Waals surface area contributed by atoms with E-state index in [4.69, 9.17) is 4.42 Å². The van der Waals surface area contributed by atoms with Gasteiger partial charge < -0.3 is 9.32 Å². The number of nitrogens with zero attached hydrogens (tertiary/aromatic N) is 1. The maximum Gasteiger partial charge on any atom is 0.137 e. The van der Waals surface area contributed by atoms with E-state index in [0.29, 0.717) is 0 Å². The molecule has 2 heteroatoms. The molecule has 224 valence electrons. The Hall–Kier alpha value is -6.38. The van der Waals surface area contributed by atoms with Gasteiger partial charge in [-0.15, -0.1) is 0 Å². The number of benzene rings is 9. The van der Waals surface area contributed by atoms with Crippen molar-refractivity contribution in [1.82, 2.24) is 0 Å². The molecule has 0 spiro atoms. The van der Waals surface area contributed by atoms with Gasteiger partial charge in [-0.3, -0.25) is 0 Å². The molecule has 2 nitrogen and oxygen atoms in total. The first-order chi connectivity index (χ1) is 23.8. The topological polar surface area (TPSA) is 16.4 Å². The molecule has 0 amide bonds. The molecule has 10 aromatic rings. The van der Waals surface area contributed by atoms with Gasteiger partial charge in [0, 0.05) is 16.3 Å². The van der Waals surface area contributed by atoms with Crippen molar-refractivity contribution in [3.63, 3.8) is 0 Å². The maximum atomic E-state index is 6.60. The molecular formula is C46H29NO. The monoisotopic (exact) mass is 611 g/mol. The lowest BCUT2D eigenvalue weighted by Gasteiger charge is -2.30. The lowest BCUT2D eigenvalue weighted by atomic mass is 9.95. The highest BCUT2D eigenvalue weighted by molar-refractivity contribution is 6.21. The van der Waals surface area contributed by atoms with Crippen LogP contribution < -0.4 is 4.90 Å². The summed E-state index contributed by atoms with van der Waals surface area (Å²) < 4.78 is 6.60. The predicted octanol–water partition coefficient (Wildman–Crippen LogP) is 13.3. The van der Waals surface area contributed by atoms with Crippen molar-refractivity contribution in [1.29, 1.82) is 0 Å². The molecule has 0 aliphatic heterocycles. The summed E-state index contributed by atoms with van der Waals surface area (Å²) in [6.07, 6.45) is 0. The fraction of sp³-hybridized carbons (Fsp3) is 0. The molecule has 0 N–H and O–H groups in total. The van der Waals surface area contributed by atoms with Gasteiger partial charge in [0.2, 0.25) is 0 Å². The second-order valence-corrected chi connectivity index (χ2v) is 12.5. The molecule has 0 saturated heterocycles. The zero-order valence-electron chi connectivity index (χ0n) is 26.1. The molecule has 0 bridgehead atoms. The van der Waals surface area contributed by atoms with E-state index in [-0.39, 0.29) is 0 Å². The lowest BCUT2D eigenvalue weighted by molar-refractivity contribution is 0.669. The van der Waals surface area contributed by atoms with Gasteiger partial charge in [0.05, 0.1) is 22.4 Å². The normalized spacial score (nSPS) is 11.8. The first-order valence-electron chi connectivity index (χ1n) is 16.4. The predicted molar refractivity (Wildman–Crippen MR) is 204 cm³/mol. The van der Waals surface area contributed by atoms with Crippen LogP contribution in [0.4, 0.5) is 17.1 Å². The SMILES string of the molecule is c1ccc(-c2ccccc2N(c2cccc3c2ccc2c4ccccc4ccc32)c2cccc3oc4cc5ccccc5cc4c23)cc1. The summed E-state index contributed by atoms with van der Waals surface area (Å²) in [6.45, 7) is 0. The summed E-state index contributed by atoms with van der Waals surface area (Å²) >= 11 is 0. The molecule has 0 fully saturated rings. The van der Waals surface area contributed by atoms with Crippen LogP contribution >= 0.6 is 0 Å². The fourth-order valence-corrected chi connectivity index (χ4v) is 7.63. The molecule has 0 atom stereocenters. The Morgan fingerprint density at radius 2 is 0.938 bits per heavy atom. The van der Waals surface area contributed by atoms with Crippen LogP contribution in [0.15, 0.2) is 180 Å². The second-order valence-electron chi connectivity index (χ2n) is 12.5. The van der Waals surface area contributed by atoms with Crippen molar-refractivity contribution in [2.24, 2.45) is 0 Å². The summed E-state index contributed by atoms with van der Waals surface area (Å²) in [7, 11) is 0. The number of furan rings is 1. The van der Waals surface area contributed by atoms with Gasteiger partial charge >= 0.3 is 0 Å². The zero-order chi connectivity index (χ0) is 31.6. The number of hydrogen-bond donors (Lipinski definition) is 0. The van der Waals surface area contributed by atoms with E-state index in [2.05, 4.69) is 181 Å². The van der Waals surface area contributed by atoms with Gasteiger partial charge in [0.15, 0.2) is 0 Å². The fourth-order valence-electron chi connectivity index (χ4n) is 7.63. The van der Waals surface area contributed by atoms with Gasteiger partial charge in [-0.1, -0.05) is 140 Å². The third-order valence-corrected chi connectivity index (χ3v) is 9.81. The Morgan fingerprint density at radius 3 is 1.83 bits per heavy atom. The number of para-hydroxylation sites is 1. The van der Waals surface area contributed by atoms with Gasteiger partial charge in [-0.25, -0.2) is 0 Å². The quantitative estimate of drug-likeness (QED) is 0.184. The Labute approximate surface area is 277 Å². The molecule has 0 aliphatic carbocycles. The number of anilines is 3. The van der Waals surface area contributed by atoms with Gasteiger partial charge in [0.1, 0.15) is 11.2 Å². The first kappa shape index (κ1) is 26.8. The van der Waals surface area contributed by atoms with E-state index in [1.165, 1.54) is 48.7 Å². The van der Waals surface area contributed by atoms with Crippen LogP contribution in [0.25, 0.3) is 76.2 Å². The average Bonchev–Trinajstić information content (AvgIpc) is 3.52. The van der Waals surface area contributed by atoms with Crippen LogP contribution in [-0.2, 0) is 0 Å². The van der Waals surface area contributed by atoms with Crippen LogP contribution in [0.2, 0.25) is 0 Å². The minimum absolute atomic E-state index is 0.872. The van der Waals surface area contributed by atoms with Crippen LogP contribution in [0.3, 0.4) is 0 Å². The van der Waals surface area contributed by atoms with Crippen molar-refractivity contribution >= 4 is 82.1 Å². The summed E-state index contributed by atoms with van der Waals surface area (Å²) in [5.74, 6) is 0. The van der Waals surface area contributed by atoms with Crippen LogP contribution in [0.1, 0.15) is 0 Å². The summed E-state index contributed by atoms with van der Waals surface area (Å²) in [5, 5.41) is 12.1. The van der Waals surface area contributed by atoms with Gasteiger partial charge in [-0.2, -0.15) is 0 Å². The van der Waals surface area contributed by atoms with Crippen LogP contribution in [-0.4, -0.2) is 0 Å². The van der Waals surface area contributed by atoms with Crippen LogP contribution in [0.5, 0.6) is 0 Å². The molecule has 48 heavy (non-hydrogen) atoms. The largest absolute Gasteiger partial charge is 0.456 e. The minimum Gasteiger partial charge on any atom is -0.456 e. The smallest absolute Gasteiger partial charge is 0.137 e. The third-order valence-electron chi connectivity index (χ3n) is 9.81. The minimum atomic E-state index is 0.872. The first-order valence-corrected chi connectivity index (χ1v) is 16.4. The Morgan fingerprint density at radius 1 is 0.333 bits per heavy atom. The van der Waals surface area contributed by atoms with Crippen LogP contribution in [0, 0.1) is 0 Å². The van der Waals surface area contributed by atoms with E-state index in [1.54, 1.807) is 0 Å². The molecule has 9 aromatic carbocycles. The standard InChI is InChI=1S/C46H29NO/c1-2-12-30(13-3-1)35-18-8-9-20-41(35)47(43-22-11-23-44-46(43)40-28-32-15-4-5-16-33(32)29-45(40)48-44)42-21-10-19-36-38-25-24-31-14-6-7-17-34(31)37(38)26-27-39(36)42/h1-29H. The molecular weight excluding hydrogens is 583 g/mol. The Balaban J connectivity index is 1.32. The molecule has 0 saturated carbocycles. The van der Waals surface area contributed by atoms with E-state index in [9.17, 15) is 0 Å². The van der Waals surface area contributed by atoms with Crippen molar-refractivity contribution in [2.75, 3.05) is 4.90 Å². The zero-order valence-corrected chi connectivity index (χ0v) is 26.1. The van der Waals surface area contributed by atoms with Crippen molar-refractivity contribution in [3.05, 3.63) is 176 Å². The molecule has 0 unspecified atom stereocenters. The molecule has 10 rings (SSSR count). The maximum absolute atomic E-state index is 6.60. The van der Waals surface area contributed by atoms with Crippen molar-refractivity contribution in [3.8, 4) is 11.1 Å². The Bertz CT molecular complexity index is 2850. The van der Waals surface area contributed by atoms with E-state index < -0.39 is 0 Å². The van der Waals surface area contributed by atoms with E-state index in [0.717, 1.165) is 44.6 Å². The highest BCUT2D eigenvalue weighted by atomic mass is 16.3. The third kappa shape index (κ3) is 4.06. The molecule has 0 radical (unpaired) electrons. The van der Waals surface area contributed by atoms with Crippen molar-refractivity contribution < 1.29 is 4.42 Å². The summed E-state index contributed by atoms with van der Waals surface area (Å²) in [5.41, 5.74) is 7.41. The molecule has 1 aromatic heterocycles. The van der Waals surface area contributed by atoms with E-state index in [1.807, 2.05) is 0 Å². The number of rotatable bonds is 4. The number of fused-ring (bicyclic) bond motifs is 9. The average molecular weight is 612 g/mol. The Kier molecular flexibility index (Phi) is 5.91.